The molecule has 2 nitrogen and oxygen atoms in total. The van der Waals surface area contributed by atoms with Crippen molar-refractivity contribution in [2.45, 2.75) is 24.3 Å². The van der Waals surface area contributed by atoms with Gasteiger partial charge in [0, 0.05) is 11.5 Å². The second-order valence-corrected chi connectivity index (χ2v) is 6.74. The maximum atomic E-state index is 11.4. The van der Waals surface area contributed by atoms with E-state index in [4.69, 9.17) is 4.74 Å². The summed E-state index contributed by atoms with van der Waals surface area (Å²) in [6, 6.07) is 0. The molecule has 0 aromatic rings. The number of cyclic esters (lactones) is 1. The normalized spacial score (nSPS) is 35.3. The Labute approximate surface area is 87.2 Å². The minimum absolute atomic E-state index is 0.0144. The van der Waals surface area contributed by atoms with Crippen LogP contribution in [0.4, 0.5) is 0 Å². The molecule has 0 unspecified atom stereocenters. The minimum Gasteiger partial charge on any atom is -0.465 e. The highest BCUT2D eigenvalue weighted by molar-refractivity contribution is 8.20. The molecule has 2 aliphatic rings. The van der Waals surface area contributed by atoms with Crippen molar-refractivity contribution < 1.29 is 9.53 Å². The van der Waals surface area contributed by atoms with E-state index in [1.807, 2.05) is 30.4 Å². The molecule has 0 saturated carbocycles. The van der Waals surface area contributed by atoms with Crippen LogP contribution in [0.1, 0.15) is 19.8 Å². The van der Waals surface area contributed by atoms with Gasteiger partial charge in [-0.05, 0) is 19.8 Å². The van der Waals surface area contributed by atoms with E-state index in [-0.39, 0.29) is 11.4 Å². The Kier molecular flexibility index (Phi) is 2.79. The lowest BCUT2D eigenvalue weighted by Crippen LogP contribution is -2.25. The molecule has 0 spiro atoms. The summed E-state index contributed by atoms with van der Waals surface area (Å²) in [6.07, 6.45) is 1.89. The lowest BCUT2D eigenvalue weighted by Gasteiger charge is -2.21. The van der Waals surface area contributed by atoms with Crippen LogP contribution < -0.4 is 0 Å². The van der Waals surface area contributed by atoms with E-state index in [1.54, 1.807) is 0 Å². The van der Waals surface area contributed by atoms with Crippen molar-refractivity contribution in [1.82, 2.24) is 0 Å². The summed E-state index contributed by atoms with van der Waals surface area (Å²) in [5, 5.41) is 0. The number of hydrogen-bond donors (Lipinski definition) is 0. The fraction of sp³-hybridized carbons (Fsp3) is 0.889. The fourth-order valence-corrected chi connectivity index (χ4v) is 4.95. The third kappa shape index (κ3) is 1.99. The van der Waals surface area contributed by atoms with Crippen LogP contribution in [0.5, 0.6) is 0 Å². The summed E-state index contributed by atoms with van der Waals surface area (Å²) < 4.78 is 5.64. The van der Waals surface area contributed by atoms with E-state index in [0.717, 1.165) is 12.8 Å². The van der Waals surface area contributed by atoms with Gasteiger partial charge >= 0.3 is 5.97 Å². The van der Waals surface area contributed by atoms with Crippen molar-refractivity contribution in [3.05, 3.63) is 0 Å². The van der Waals surface area contributed by atoms with Gasteiger partial charge in [0.05, 0.1) is 16.6 Å². The van der Waals surface area contributed by atoms with Crippen molar-refractivity contribution in [1.29, 1.82) is 0 Å². The first kappa shape index (κ1) is 9.71. The first-order valence-electron chi connectivity index (χ1n) is 4.61. The van der Waals surface area contributed by atoms with Crippen LogP contribution in [-0.4, -0.2) is 28.7 Å². The van der Waals surface area contributed by atoms with E-state index in [1.165, 1.54) is 11.5 Å². The topological polar surface area (TPSA) is 26.3 Å². The van der Waals surface area contributed by atoms with Crippen molar-refractivity contribution in [2.75, 3.05) is 18.1 Å². The molecule has 0 N–H and O–H groups in total. The molecule has 1 atom stereocenters. The second kappa shape index (κ2) is 3.73. The highest BCUT2D eigenvalue weighted by Crippen LogP contribution is 2.43. The van der Waals surface area contributed by atoms with Crippen LogP contribution >= 0.6 is 23.5 Å². The summed E-state index contributed by atoms with van der Waals surface area (Å²) in [6.45, 7) is 2.67. The quantitative estimate of drug-likeness (QED) is 0.663. The molecular formula is C9H14O2S2. The van der Waals surface area contributed by atoms with Crippen LogP contribution in [-0.2, 0) is 9.53 Å². The Bertz CT molecular complexity index is 214. The highest BCUT2D eigenvalue weighted by atomic mass is 32.2. The van der Waals surface area contributed by atoms with E-state index in [2.05, 4.69) is 0 Å². The van der Waals surface area contributed by atoms with Gasteiger partial charge in [-0.15, -0.1) is 23.5 Å². The standard InChI is InChI=1S/C9H14O2S2/c1-9(2-3-11-8(9)10)6-7-12-4-5-13-7/h7H,2-6H2,1H3/t9-/m0/s1. The summed E-state index contributed by atoms with van der Waals surface area (Å²) in [5.74, 6) is 2.49. The Morgan fingerprint density at radius 2 is 2.23 bits per heavy atom. The second-order valence-electron chi connectivity index (χ2n) is 3.82. The predicted octanol–water partition coefficient (Wildman–Crippen LogP) is 2.14. The minimum atomic E-state index is -0.186. The molecule has 13 heavy (non-hydrogen) atoms. The number of hydrogen-bond acceptors (Lipinski definition) is 4. The molecule has 0 aliphatic carbocycles. The van der Waals surface area contributed by atoms with E-state index in [9.17, 15) is 4.79 Å². The lowest BCUT2D eigenvalue weighted by molar-refractivity contribution is -0.145. The number of thioether (sulfide) groups is 2. The molecule has 2 aliphatic heterocycles. The first-order valence-corrected chi connectivity index (χ1v) is 6.71. The first-order chi connectivity index (χ1) is 6.21. The zero-order valence-corrected chi connectivity index (χ0v) is 9.38. The SMILES string of the molecule is C[C@@]1(CC2SCCS2)CCOC1=O. The van der Waals surface area contributed by atoms with Gasteiger partial charge in [0.1, 0.15) is 0 Å². The van der Waals surface area contributed by atoms with Gasteiger partial charge in [0.25, 0.3) is 0 Å². The highest BCUT2D eigenvalue weighted by Gasteiger charge is 2.42. The van der Waals surface area contributed by atoms with Gasteiger partial charge in [-0.25, -0.2) is 0 Å². The number of carbonyl (C=O) groups is 1. The van der Waals surface area contributed by atoms with Gasteiger partial charge in [-0.2, -0.15) is 0 Å². The maximum absolute atomic E-state index is 11.4. The molecule has 2 fully saturated rings. The molecule has 0 aromatic carbocycles. The number of ether oxygens (including phenoxy) is 1. The Balaban J connectivity index is 1.95. The molecule has 2 heterocycles. The molecule has 2 saturated heterocycles. The van der Waals surface area contributed by atoms with E-state index < -0.39 is 0 Å². The maximum Gasteiger partial charge on any atom is 0.311 e. The molecule has 0 amide bonds. The number of rotatable bonds is 2. The Morgan fingerprint density at radius 1 is 1.54 bits per heavy atom. The molecule has 4 heteroatoms. The van der Waals surface area contributed by atoms with Gasteiger partial charge in [0.2, 0.25) is 0 Å². The summed E-state index contributed by atoms with van der Waals surface area (Å²) in [4.78, 5) is 11.4. The van der Waals surface area contributed by atoms with Crippen LogP contribution in [0, 0.1) is 5.41 Å². The largest absolute Gasteiger partial charge is 0.465 e. The third-order valence-electron chi connectivity index (χ3n) is 2.69. The van der Waals surface area contributed by atoms with Crippen molar-refractivity contribution in [3.8, 4) is 0 Å². The van der Waals surface area contributed by atoms with Gasteiger partial charge in [0.15, 0.2) is 0 Å². The average Bonchev–Trinajstić information content (AvgIpc) is 2.65. The van der Waals surface area contributed by atoms with Crippen LogP contribution in [0.3, 0.4) is 0 Å². The van der Waals surface area contributed by atoms with Crippen LogP contribution in [0.15, 0.2) is 0 Å². The summed E-state index contributed by atoms with van der Waals surface area (Å²) in [5.41, 5.74) is -0.186. The molecule has 0 bridgehead atoms. The Morgan fingerprint density at radius 3 is 2.77 bits per heavy atom. The zero-order valence-electron chi connectivity index (χ0n) is 7.75. The number of carbonyl (C=O) groups excluding carboxylic acids is 1. The smallest absolute Gasteiger partial charge is 0.311 e. The third-order valence-corrected chi connectivity index (χ3v) is 5.72. The van der Waals surface area contributed by atoms with Gasteiger partial charge in [-0.3, -0.25) is 4.79 Å². The van der Waals surface area contributed by atoms with Gasteiger partial charge in [-0.1, -0.05) is 0 Å². The monoisotopic (exact) mass is 218 g/mol. The molecule has 0 radical (unpaired) electrons. The Hall–Kier alpha value is 0.170. The van der Waals surface area contributed by atoms with Crippen LogP contribution in [0.25, 0.3) is 0 Å². The fourth-order valence-electron chi connectivity index (χ4n) is 1.72. The number of esters is 1. The van der Waals surface area contributed by atoms with Crippen LogP contribution in [0.2, 0.25) is 0 Å². The lowest BCUT2D eigenvalue weighted by atomic mass is 9.86. The van der Waals surface area contributed by atoms with Crippen molar-refractivity contribution in [3.63, 3.8) is 0 Å². The zero-order chi connectivity index (χ0) is 9.31. The average molecular weight is 218 g/mol. The molecule has 74 valence electrons. The molecular weight excluding hydrogens is 204 g/mol. The van der Waals surface area contributed by atoms with E-state index in [0.29, 0.717) is 11.2 Å². The predicted molar refractivity (Wildman–Crippen MR) is 57.0 cm³/mol. The summed E-state index contributed by atoms with van der Waals surface area (Å²) in [7, 11) is 0. The van der Waals surface area contributed by atoms with E-state index >= 15 is 0 Å². The van der Waals surface area contributed by atoms with Crippen molar-refractivity contribution in [2.24, 2.45) is 5.41 Å². The molecule has 0 aromatic heterocycles. The summed E-state index contributed by atoms with van der Waals surface area (Å²) >= 11 is 3.97. The van der Waals surface area contributed by atoms with Gasteiger partial charge < -0.3 is 4.74 Å². The molecule has 2 rings (SSSR count). The van der Waals surface area contributed by atoms with Crippen molar-refractivity contribution >= 4 is 29.5 Å².